The van der Waals surface area contributed by atoms with Crippen LogP contribution >= 0.6 is 0 Å². The molecule has 0 saturated heterocycles. The molecule has 0 radical (unpaired) electrons. The molecule has 2 aromatic carbocycles. The number of ether oxygens (including phenoxy) is 2. The topological polar surface area (TPSA) is 116 Å². The van der Waals surface area contributed by atoms with E-state index in [0.29, 0.717) is 43.2 Å². The van der Waals surface area contributed by atoms with Crippen molar-refractivity contribution >= 4 is 11.7 Å². The van der Waals surface area contributed by atoms with Gasteiger partial charge in [0.25, 0.3) is 0 Å². The van der Waals surface area contributed by atoms with Crippen LogP contribution < -0.4 is 25.4 Å². The highest BCUT2D eigenvalue weighted by Gasteiger charge is 2.08. The summed E-state index contributed by atoms with van der Waals surface area (Å²) in [5.41, 5.74) is 1.10. The van der Waals surface area contributed by atoms with E-state index in [9.17, 15) is 9.90 Å². The molecule has 0 heterocycles. The van der Waals surface area contributed by atoms with Gasteiger partial charge in [0, 0.05) is 25.3 Å². The van der Waals surface area contributed by atoms with E-state index >= 15 is 0 Å². The van der Waals surface area contributed by atoms with Crippen LogP contribution in [-0.4, -0.2) is 50.1 Å². The molecule has 0 bridgehead atoms. The van der Waals surface area contributed by atoms with E-state index in [4.69, 9.17) is 14.7 Å². The van der Waals surface area contributed by atoms with Crippen molar-refractivity contribution < 1.29 is 19.4 Å². The smallest absolute Gasteiger partial charge is 0.319 e. The molecule has 1 atom stereocenters. The third-order valence-corrected chi connectivity index (χ3v) is 3.99. The van der Waals surface area contributed by atoms with Gasteiger partial charge in [-0.15, -0.1) is 0 Å². The zero-order valence-electron chi connectivity index (χ0n) is 17.1. The fraction of sp³-hybridized carbons (Fsp3) is 0.364. The fourth-order valence-electron chi connectivity index (χ4n) is 2.49. The van der Waals surface area contributed by atoms with E-state index in [1.807, 2.05) is 25.1 Å². The zero-order valence-corrected chi connectivity index (χ0v) is 17.1. The van der Waals surface area contributed by atoms with Crippen molar-refractivity contribution in [1.29, 1.82) is 5.26 Å². The molecule has 160 valence electrons. The Balaban J connectivity index is 1.57. The van der Waals surface area contributed by atoms with E-state index in [1.165, 1.54) is 0 Å². The number of anilines is 1. The first-order chi connectivity index (χ1) is 14.6. The van der Waals surface area contributed by atoms with Crippen molar-refractivity contribution in [3.05, 3.63) is 54.1 Å². The highest BCUT2D eigenvalue weighted by Crippen LogP contribution is 2.17. The Morgan fingerprint density at radius 3 is 2.63 bits per heavy atom. The molecule has 8 heteroatoms. The minimum Gasteiger partial charge on any atom is -0.494 e. The lowest BCUT2D eigenvalue weighted by Gasteiger charge is -2.14. The van der Waals surface area contributed by atoms with E-state index < -0.39 is 6.10 Å². The van der Waals surface area contributed by atoms with Crippen molar-refractivity contribution in [3.63, 3.8) is 0 Å². The quantitative estimate of drug-likeness (QED) is 0.398. The standard InChI is InChI=1S/C22H28N4O4/c1-2-13-29-20-9-7-18(8-10-20)26-22(28)25-12-11-24-15-19(27)16-30-21-6-4-3-5-17(21)14-23/h3-10,19,24,27H,2,11-13,15-16H2,1H3,(H2,25,26,28). The number of aliphatic hydroxyl groups excluding tert-OH is 1. The highest BCUT2D eigenvalue weighted by atomic mass is 16.5. The second-order valence-electron chi connectivity index (χ2n) is 6.53. The molecule has 0 fully saturated rings. The lowest BCUT2D eigenvalue weighted by atomic mass is 10.2. The largest absolute Gasteiger partial charge is 0.494 e. The number of nitriles is 1. The molecule has 0 saturated carbocycles. The summed E-state index contributed by atoms with van der Waals surface area (Å²) in [6.07, 6.45) is 0.203. The van der Waals surface area contributed by atoms with Crippen LogP contribution in [0.25, 0.3) is 0 Å². The average Bonchev–Trinajstić information content (AvgIpc) is 2.77. The molecule has 1 unspecified atom stereocenters. The number of amides is 2. The molecule has 8 nitrogen and oxygen atoms in total. The summed E-state index contributed by atoms with van der Waals surface area (Å²) in [7, 11) is 0. The van der Waals surface area contributed by atoms with E-state index in [0.717, 1.165) is 12.2 Å². The Hall–Kier alpha value is -3.28. The van der Waals surface area contributed by atoms with E-state index in [1.54, 1.807) is 36.4 Å². The fourth-order valence-corrected chi connectivity index (χ4v) is 2.49. The lowest BCUT2D eigenvalue weighted by Crippen LogP contribution is -2.38. The molecule has 0 aliphatic carbocycles. The summed E-state index contributed by atoms with van der Waals surface area (Å²) < 4.78 is 11.0. The first-order valence-corrected chi connectivity index (χ1v) is 9.90. The Kier molecular flexibility index (Phi) is 10.00. The maximum atomic E-state index is 11.9. The van der Waals surface area contributed by atoms with Crippen molar-refractivity contribution in [2.24, 2.45) is 0 Å². The maximum Gasteiger partial charge on any atom is 0.319 e. The van der Waals surface area contributed by atoms with Crippen molar-refractivity contribution in [3.8, 4) is 17.6 Å². The normalized spacial score (nSPS) is 11.2. The van der Waals surface area contributed by atoms with Crippen LogP contribution in [-0.2, 0) is 0 Å². The minimum absolute atomic E-state index is 0.0670. The number of urea groups is 1. The first kappa shape index (κ1) is 23.0. The number of hydrogen-bond acceptors (Lipinski definition) is 6. The predicted octanol–water partition coefficient (Wildman–Crippen LogP) is 2.50. The second-order valence-corrected chi connectivity index (χ2v) is 6.53. The molecule has 2 rings (SSSR count). The number of benzene rings is 2. The molecule has 30 heavy (non-hydrogen) atoms. The summed E-state index contributed by atoms with van der Waals surface area (Å²) in [5.74, 6) is 1.22. The van der Waals surface area contributed by atoms with Crippen LogP contribution in [0.15, 0.2) is 48.5 Å². The van der Waals surface area contributed by atoms with Gasteiger partial charge in [-0.25, -0.2) is 4.79 Å². The number of aliphatic hydroxyl groups is 1. The van der Waals surface area contributed by atoms with Gasteiger partial charge < -0.3 is 30.5 Å². The Labute approximate surface area is 176 Å². The van der Waals surface area contributed by atoms with Crippen LogP contribution in [0.5, 0.6) is 11.5 Å². The van der Waals surface area contributed by atoms with Gasteiger partial charge in [0.05, 0.1) is 12.2 Å². The van der Waals surface area contributed by atoms with Crippen molar-refractivity contribution in [2.75, 3.05) is 38.2 Å². The Morgan fingerprint density at radius 2 is 1.90 bits per heavy atom. The number of para-hydroxylation sites is 1. The molecular weight excluding hydrogens is 384 g/mol. The van der Waals surface area contributed by atoms with Crippen molar-refractivity contribution in [2.45, 2.75) is 19.4 Å². The lowest BCUT2D eigenvalue weighted by molar-refractivity contribution is 0.106. The molecule has 0 aliphatic rings. The van der Waals surface area contributed by atoms with Gasteiger partial charge in [-0.2, -0.15) is 5.26 Å². The van der Waals surface area contributed by atoms with E-state index in [-0.39, 0.29) is 12.6 Å². The Morgan fingerprint density at radius 1 is 1.13 bits per heavy atom. The summed E-state index contributed by atoms with van der Waals surface area (Å²) in [4.78, 5) is 11.9. The average molecular weight is 412 g/mol. The van der Waals surface area contributed by atoms with Gasteiger partial charge in [-0.05, 0) is 42.8 Å². The number of carbonyl (C=O) groups excluding carboxylic acids is 1. The SMILES string of the molecule is CCCOc1ccc(NC(=O)NCCNCC(O)COc2ccccc2C#N)cc1. The number of rotatable bonds is 12. The number of nitrogens with one attached hydrogen (secondary N) is 3. The van der Waals surface area contributed by atoms with Gasteiger partial charge in [0.15, 0.2) is 0 Å². The maximum absolute atomic E-state index is 11.9. The summed E-state index contributed by atoms with van der Waals surface area (Å²) in [6.45, 7) is 3.96. The highest BCUT2D eigenvalue weighted by molar-refractivity contribution is 5.89. The second kappa shape index (κ2) is 13.0. The number of carbonyl (C=O) groups is 1. The van der Waals surface area contributed by atoms with Gasteiger partial charge in [0.2, 0.25) is 0 Å². The molecule has 0 aliphatic heterocycles. The molecule has 2 amide bonds. The van der Waals surface area contributed by atoms with Gasteiger partial charge >= 0.3 is 6.03 Å². The van der Waals surface area contributed by atoms with Gasteiger partial charge in [0.1, 0.15) is 30.3 Å². The van der Waals surface area contributed by atoms with Crippen molar-refractivity contribution in [1.82, 2.24) is 10.6 Å². The minimum atomic E-state index is -0.737. The van der Waals surface area contributed by atoms with Gasteiger partial charge in [-0.1, -0.05) is 19.1 Å². The third-order valence-electron chi connectivity index (χ3n) is 3.99. The third kappa shape index (κ3) is 8.39. The predicted molar refractivity (Wildman–Crippen MR) is 115 cm³/mol. The Bertz CT molecular complexity index is 821. The molecule has 2 aromatic rings. The van der Waals surface area contributed by atoms with Crippen LogP contribution in [0.3, 0.4) is 0 Å². The van der Waals surface area contributed by atoms with Crippen LogP contribution in [0.2, 0.25) is 0 Å². The monoisotopic (exact) mass is 412 g/mol. The first-order valence-electron chi connectivity index (χ1n) is 9.90. The van der Waals surface area contributed by atoms with E-state index in [2.05, 4.69) is 16.0 Å². The summed E-state index contributed by atoms with van der Waals surface area (Å²) in [5, 5.41) is 27.5. The molecular formula is C22H28N4O4. The van der Waals surface area contributed by atoms with Gasteiger partial charge in [-0.3, -0.25) is 0 Å². The van der Waals surface area contributed by atoms with Crippen LogP contribution in [0, 0.1) is 11.3 Å². The molecule has 0 aromatic heterocycles. The zero-order chi connectivity index (χ0) is 21.6. The van der Waals surface area contributed by atoms with Crippen LogP contribution in [0.4, 0.5) is 10.5 Å². The summed E-state index contributed by atoms with van der Waals surface area (Å²) >= 11 is 0. The molecule has 0 spiro atoms. The molecule has 4 N–H and O–H groups in total. The van der Waals surface area contributed by atoms with Crippen LogP contribution in [0.1, 0.15) is 18.9 Å². The summed E-state index contributed by atoms with van der Waals surface area (Å²) in [6, 6.07) is 15.8. The number of nitrogens with zero attached hydrogens (tertiary/aromatic N) is 1. The number of hydrogen-bond donors (Lipinski definition) is 4.